The van der Waals surface area contributed by atoms with E-state index in [1.807, 2.05) is 24.3 Å². The van der Waals surface area contributed by atoms with Crippen LogP contribution in [0.3, 0.4) is 0 Å². The molecule has 0 spiro atoms. The van der Waals surface area contributed by atoms with Crippen LogP contribution in [0.15, 0.2) is 58.8 Å². The molecule has 19 heavy (non-hydrogen) atoms. The molecule has 1 atom stereocenters. The Morgan fingerprint density at radius 2 is 1.84 bits per heavy atom. The number of thioether (sulfide) groups is 1. The molecule has 0 amide bonds. The quantitative estimate of drug-likeness (QED) is 0.704. The van der Waals surface area contributed by atoms with Crippen LogP contribution >= 0.6 is 23.1 Å². The Kier molecular flexibility index (Phi) is 3.60. The number of thiophene rings is 1. The van der Waals surface area contributed by atoms with E-state index < -0.39 is 6.10 Å². The summed E-state index contributed by atoms with van der Waals surface area (Å²) in [5.41, 5.74) is 1.93. The van der Waals surface area contributed by atoms with Crippen LogP contribution in [0, 0.1) is 0 Å². The summed E-state index contributed by atoms with van der Waals surface area (Å²) in [6.45, 7) is 0. The molecule has 0 aliphatic carbocycles. The van der Waals surface area contributed by atoms with Gasteiger partial charge >= 0.3 is 0 Å². The first kappa shape index (κ1) is 12.7. The summed E-state index contributed by atoms with van der Waals surface area (Å²) >= 11 is 3.39. The largest absolute Gasteiger partial charge is 0.384 e. The Hall–Kier alpha value is -1.29. The summed E-state index contributed by atoms with van der Waals surface area (Å²) in [4.78, 5) is 1.21. The van der Waals surface area contributed by atoms with Crippen molar-refractivity contribution in [3.8, 4) is 0 Å². The zero-order chi connectivity index (χ0) is 13.2. The van der Waals surface area contributed by atoms with E-state index in [0.29, 0.717) is 0 Å². The first-order chi connectivity index (χ1) is 9.29. The Morgan fingerprint density at radius 1 is 1.05 bits per heavy atom. The third-order valence-electron chi connectivity index (χ3n) is 3.24. The highest BCUT2D eigenvalue weighted by molar-refractivity contribution is 7.98. The number of fused-ring (bicyclic) bond motifs is 1. The van der Waals surface area contributed by atoms with Crippen molar-refractivity contribution in [2.24, 2.45) is 0 Å². The minimum Gasteiger partial charge on any atom is -0.384 e. The second kappa shape index (κ2) is 5.37. The molecule has 0 fully saturated rings. The average molecular weight is 286 g/mol. The van der Waals surface area contributed by atoms with E-state index in [-0.39, 0.29) is 0 Å². The number of hydrogen-bond acceptors (Lipinski definition) is 3. The van der Waals surface area contributed by atoms with E-state index in [1.165, 1.54) is 15.0 Å². The molecule has 0 aliphatic rings. The lowest BCUT2D eigenvalue weighted by atomic mass is 10.0. The monoisotopic (exact) mass is 286 g/mol. The fourth-order valence-corrected chi connectivity index (χ4v) is 3.54. The Balaban J connectivity index is 2.02. The standard InChI is InChI=1S/C16H14OS2/c1-18-13-7-5-11(6-8-13)15(17)14-4-2-3-12-9-10-19-16(12)14/h2-10,15,17H,1H3. The maximum atomic E-state index is 10.6. The number of benzene rings is 2. The summed E-state index contributed by atoms with van der Waals surface area (Å²) in [6, 6.07) is 16.3. The van der Waals surface area contributed by atoms with Crippen molar-refractivity contribution < 1.29 is 5.11 Å². The maximum Gasteiger partial charge on any atom is 0.105 e. The molecule has 0 radical (unpaired) electrons. The molecular formula is C16H14OS2. The summed E-state index contributed by atoms with van der Waals surface area (Å²) in [5, 5.41) is 13.8. The van der Waals surface area contributed by atoms with Crippen LogP contribution in [0.25, 0.3) is 10.1 Å². The van der Waals surface area contributed by atoms with Crippen molar-refractivity contribution in [3.05, 3.63) is 65.0 Å². The summed E-state index contributed by atoms with van der Waals surface area (Å²) in [5.74, 6) is 0. The van der Waals surface area contributed by atoms with Crippen LogP contribution in [0.1, 0.15) is 17.2 Å². The van der Waals surface area contributed by atoms with Crippen LogP contribution in [-0.4, -0.2) is 11.4 Å². The number of aliphatic hydroxyl groups excluding tert-OH is 1. The zero-order valence-corrected chi connectivity index (χ0v) is 12.2. The van der Waals surface area contributed by atoms with Gasteiger partial charge in [0.25, 0.3) is 0 Å². The predicted octanol–water partition coefficient (Wildman–Crippen LogP) is 4.70. The van der Waals surface area contributed by atoms with Crippen molar-refractivity contribution in [1.82, 2.24) is 0 Å². The molecular weight excluding hydrogens is 272 g/mol. The van der Waals surface area contributed by atoms with Gasteiger partial charge in [-0.2, -0.15) is 0 Å². The van der Waals surface area contributed by atoms with Crippen molar-refractivity contribution in [3.63, 3.8) is 0 Å². The van der Waals surface area contributed by atoms with E-state index >= 15 is 0 Å². The van der Waals surface area contributed by atoms with Gasteiger partial charge in [0, 0.05) is 15.2 Å². The number of aliphatic hydroxyl groups is 1. The van der Waals surface area contributed by atoms with E-state index in [4.69, 9.17) is 0 Å². The van der Waals surface area contributed by atoms with E-state index in [9.17, 15) is 5.11 Å². The highest BCUT2D eigenvalue weighted by Crippen LogP contribution is 2.32. The summed E-state index contributed by atoms with van der Waals surface area (Å²) in [6.07, 6.45) is 1.50. The molecule has 0 bridgehead atoms. The molecule has 1 heterocycles. The van der Waals surface area contributed by atoms with Crippen molar-refractivity contribution in [2.75, 3.05) is 6.26 Å². The van der Waals surface area contributed by atoms with E-state index in [0.717, 1.165) is 11.1 Å². The second-order valence-corrected chi connectivity index (χ2v) is 6.16. The molecule has 1 nitrogen and oxygen atoms in total. The van der Waals surface area contributed by atoms with Crippen molar-refractivity contribution >= 4 is 33.2 Å². The smallest absolute Gasteiger partial charge is 0.105 e. The molecule has 3 aromatic rings. The fourth-order valence-electron chi connectivity index (χ4n) is 2.20. The van der Waals surface area contributed by atoms with Gasteiger partial charge < -0.3 is 5.11 Å². The Labute approximate surface area is 120 Å². The van der Waals surface area contributed by atoms with Gasteiger partial charge in [0.2, 0.25) is 0 Å². The van der Waals surface area contributed by atoms with Gasteiger partial charge in [-0.1, -0.05) is 30.3 Å². The lowest BCUT2D eigenvalue weighted by molar-refractivity contribution is 0.222. The Morgan fingerprint density at radius 3 is 2.58 bits per heavy atom. The molecule has 1 unspecified atom stereocenters. The third-order valence-corrected chi connectivity index (χ3v) is 4.96. The molecule has 1 aromatic heterocycles. The molecule has 3 rings (SSSR count). The van der Waals surface area contributed by atoms with Gasteiger partial charge in [0.15, 0.2) is 0 Å². The molecule has 0 aliphatic heterocycles. The molecule has 1 N–H and O–H groups in total. The normalized spacial score (nSPS) is 12.7. The first-order valence-electron chi connectivity index (χ1n) is 6.08. The molecule has 96 valence electrons. The van der Waals surface area contributed by atoms with Gasteiger partial charge in [-0.05, 0) is 40.8 Å². The Bertz CT molecular complexity index is 685. The lowest BCUT2D eigenvalue weighted by Gasteiger charge is -2.13. The molecule has 3 heteroatoms. The predicted molar refractivity (Wildman–Crippen MR) is 84.1 cm³/mol. The maximum absolute atomic E-state index is 10.6. The van der Waals surface area contributed by atoms with Crippen LogP contribution in [0.5, 0.6) is 0 Å². The van der Waals surface area contributed by atoms with Gasteiger partial charge in [0.1, 0.15) is 6.10 Å². The van der Waals surface area contributed by atoms with Crippen LogP contribution < -0.4 is 0 Å². The lowest BCUT2D eigenvalue weighted by Crippen LogP contribution is -1.99. The SMILES string of the molecule is CSc1ccc(C(O)c2cccc3ccsc23)cc1. The van der Waals surface area contributed by atoms with E-state index in [2.05, 4.69) is 35.9 Å². The van der Waals surface area contributed by atoms with Crippen LogP contribution in [0.4, 0.5) is 0 Å². The van der Waals surface area contributed by atoms with Gasteiger partial charge in [0.05, 0.1) is 0 Å². The summed E-state index contributed by atoms with van der Waals surface area (Å²) < 4.78 is 1.17. The average Bonchev–Trinajstić information content (AvgIpc) is 2.95. The van der Waals surface area contributed by atoms with Crippen molar-refractivity contribution in [1.29, 1.82) is 0 Å². The van der Waals surface area contributed by atoms with Crippen molar-refractivity contribution in [2.45, 2.75) is 11.0 Å². The van der Waals surface area contributed by atoms with E-state index in [1.54, 1.807) is 23.1 Å². The minimum absolute atomic E-state index is 0.557. The second-order valence-electron chi connectivity index (χ2n) is 4.36. The minimum atomic E-state index is -0.557. The first-order valence-corrected chi connectivity index (χ1v) is 8.18. The van der Waals surface area contributed by atoms with Gasteiger partial charge in [-0.25, -0.2) is 0 Å². The fraction of sp³-hybridized carbons (Fsp3) is 0.125. The van der Waals surface area contributed by atoms with Gasteiger partial charge in [-0.15, -0.1) is 23.1 Å². The third kappa shape index (κ3) is 2.41. The topological polar surface area (TPSA) is 20.2 Å². The molecule has 0 saturated heterocycles. The van der Waals surface area contributed by atoms with Gasteiger partial charge in [-0.3, -0.25) is 0 Å². The highest BCUT2D eigenvalue weighted by atomic mass is 32.2. The highest BCUT2D eigenvalue weighted by Gasteiger charge is 2.14. The zero-order valence-electron chi connectivity index (χ0n) is 10.5. The molecule has 0 saturated carbocycles. The number of hydrogen-bond donors (Lipinski definition) is 1. The molecule has 2 aromatic carbocycles. The van der Waals surface area contributed by atoms with Crippen LogP contribution in [0.2, 0.25) is 0 Å². The summed E-state index contributed by atoms with van der Waals surface area (Å²) in [7, 11) is 0. The van der Waals surface area contributed by atoms with Crippen LogP contribution in [-0.2, 0) is 0 Å². The number of rotatable bonds is 3.